The van der Waals surface area contributed by atoms with Gasteiger partial charge in [-0.05, 0) is 115 Å². The van der Waals surface area contributed by atoms with Crippen LogP contribution in [0.3, 0.4) is 0 Å². The summed E-state index contributed by atoms with van der Waals surface area (Å²) in [5.41, 5.74) is 3.40. The first-order valence-electron chi connectivity index (χ1n) is 18.0. The van der Waals surface area contributed by atoms with E-state index in [1.54, 1.807) is 12.1 Å². The molecule has 5 fully saturated rings. The van der Waals surface area contributed by atoms with Gasteiger partial charge in [-0.15, -0.1) is 0 Å². The van der Waals surface area contributed by atoms with Gasteiger partial charge >= 0.3 is 0 Å². The number of amides is 2. The van der Waals surface area contributed by atoms with Gasteiger partial charge in [-0.3, -0.25) is 13.9 Å². The number of carbonyl (C=O) groups is 2. The number of halogens is 1. The molecule has 0 aromatic heterocycles. The van der Waals surface area contributed by atoms with E-state index in [0.29, 0.717) is 11.3 Å². The lowest BCUT2D eigenvalue weighted by atomic mass is 9.48. The van der Waals surface area contributed by atoms with E-state index in [1.165, 1.54) is 61.1 Å². The van der Waals surface area contributed by atoms with Gasteiger partial charge in [0.05, 0.1) is 11.9 Å². The monoisotopic (exact) mass is 685 g/mol. The molecule has 7 nitrogen and oxygen atoms in total. The lowest BCUT2D eigenvalue weighted by Gasteiger charge is -2.57. The average molecular weight is 686 g/mol. The Morgan fingerprint density at radius 3 is 2.00 bits per heavy atom. The highest BCUT2D eigenvalue weighted by atomic mass is 32.2. The number of nitrogens with one attached hydrogen (secondary N) is 1. The molecule has 49 heavy (non-hydrogen) atoms. The SMILES string of the molecule is CS(=O)(=O)N(CC(=O)N(Cc1ccc(F)cc1)C(Cc1ccccc1)C(=O)NC1CCCC1)c1ccc(C23CC4CC(CC(C4)C2)C3)cc1. The fourth-order valence-electron chi connectivity index (χ4n) is 9.77. The summed E-state index contributed by atoms with van der Waals surface area (Å²) < 4.78 is 41.8. The third-order valence-electron chi connectivity index (χ3n) is 11.7. The zero-order valence-corrected chi connectivity index (χ0v) is 29.2. The second-order valence-corrected chi connectivity index (χ2v) is 17.3. The molecule has 1 atom stereocenters. The molecule has 0 heterocycles. The third-order valence-corrected chi connectivity index (χ3v) is 12.9. The van der Waals surface area contributed by atoms with E-state index in [1.807, 2.05) is 42.5 Å². The standard InChI is InChI=1S/C40H48FN3O4S/c1-49(47,48)44(36-17-13-33(14-18-36)40-23-30-19-31(24-40)21-32(20-30)25-40)27-38(45)43(26-29-11-15-34(41)16-12-29)37(22-28-7-3-2-4-8-28)39(46)42-35-9-5-6-10-35/h2-4,7-8,11-18,30-32,35,37H,5-6,9-10,19-27H2,1H3,(H,42,46). The van der Waals surface area contributed by atoms with E-state index < -0.39 is 34.3 Å². The van der Waals surface area contributed by atoms with Crippen LogP contribution in [0.1, 0.15) is 80.9 Å². The minimum atomic E-state index is -3.87. The van der Waals surface area contributed by atoms with Crippen molar-refractivity contribution >= 4 is 27.5 Å². The van der Waals surface area contributed by atoms with Gasteiger partial charge in [0.25, 0.3) is 0 Å². The number of sulfonamides is 1. The second kappa shape index (κ2) is 13.9. The van der Waals surface area contributed by atoms with Gasteiger partial charge in [-0.25, -0.2) is 12.8 Å². The number of nitrogens with zero attached hydrogens (tertiary/aromatic N) is 2. The second-order valence-electron chi connectivity index (χ2n) is 15.4. The minimum absolute atomic E-state index is 0.0251. The van der Waals surface area contributed by atoms with Crippen molar-refractivity contribution in [1.82, 2.24) is 10.2 Å². The molecule has 1 unspecified atom stereocenters. The van der Waals surface area contributed by atoms with Crippen LogP contribution in [-0.2, 0) is 38.0 Å². The van der Waals surface area contributed by atoms with Gasteiger partial charge in [0.1, 0.15) is 18.4 Å². The van der Waals surface area contributed by atoms with Gasteiger partial charge in [0.2, 0.25) is 21.8 Å². The Bertz CT molecular complexity index is 1700. The molecule has 8 rings (SSSR count). The van der Waals surface area contributed by atoms with E-state index in [9.17, 15) is 22.4 Å². The van der Waals surface area contributed by atoms with Crippen LogP contribution in [0.2, 0.25) is 0 Å². The Morgan fingerprint density at radius 2 is 1.43 bits per heavy atom. The lowest BCUT2D eigenvalue weighted by Crippen LogP contribution is -2.54. The molecule has 4 bridgehead atoms. The molecule has 0 saturated heterocycles. The fourth-order valence-corrected chi connectivity index (χ4v) is 10.6. The van der Waals surface area contributed by atoms with E-state index in [2.05, 4.69) is 17.4 Å². The van der Waals surface area contributed by atoms with E-state index >= 15 is 0 Å². The summed E-state index contributed by atoms with van der Waals surface area (Å²) >= 11 is 0. The molecule has 1 N–H and O–H groups in total. The van der Waals surface area contributed by atoms with Crippen LogP contribution < -0.4 is 9.62 Å². The van der Waals surface area contributed by atoms with Crippen molar-refractivity contribution in [2.75, 3.05) is 17.1 Å². The highest BCUT2D eigenvalue weighted by Gasteiger charge is 2.51. The van der Waals surface area contributed by atoms with Gasteiger partial charge < -0.3 is 10.2 Å². The number of carbonyl (C=O) groups excluding carboxylic acids is 2. The third kappa shape index (κ3) is 7.57. The largest absolute Gasteiger partial charge is 0.352 e. The van der Waals surface area contributed by atoms with Crippen LogP contribution in [0.4, 0.5) is 10.1 Å². The van der Waals surface area contributed by atoms with Crippen molar-refractivity contribution in [3.63, 3.8) is 0 Å². The number of rotatable bonds is 12. The summed E-state index contributed by atoms with van der Waals surface area (Å²) in [7, 11) is -3.87. The molecule has 5 aliphatic rings. The summed E-state index contributed by atoms with van der Waals surface area (Å²) in [4.78, 5) is 30.0. The maximum absolute atomic E-state index is 14.5. The molecule has 260 valence electrons. The molecule has 9 heteroatoms. The first-order chi connectivity index (χ1) is 23.5. The minimum Gasteiger partial charge on any atom is -0.352 e. The Kier molecular flexibility index (Phi) is 9.57. The van der Waals surface area contributed by atoms with Crippen LogP contribution in [0, 0.1) is 23.6 Å². The predicted octanol–water partition coefficient (Wildman–Crippen LogP) is 6.76. The predicted molar refractivity (Wildman–Crippen MR) is 190 cm³/mol. The van der Waals surface area contributed by atoms with Crippen molar-refractivity contribution in [3.05, 3.63) is 101 Å². The normalized spacial score (nSPS) is 25.2. The fraction of sp³-hybridized carbons (Fsp3) is 0.500. The van der Waals surface area contributed by atoms with Crippen molar-refractivity contribution in [2.45, 2.75) is 94.7 Å². The summed E-state index contributed by atoms with van der Waals surface area (Å²) in [6.07, 6.45) is 12.9. The van der Waals surface area contributed by atoms with E-state index in [0.717, 1.165) is 59.6 Å². The van der Waals surface area contributed by atoms with Gasteiger partial charge in [-0.2, -0.15) is 0 Å². The van der Waals surface area contributed by atoms with Crippen LogP contribution in [0.5, 0.6) is 0 Å². The first-order valence-corrected chi connectivity index (χ1v) is 19.9. The average Bonchev–Trinajstić information content (AvgIpc) is 3.58. The van der Waals surface area contributed by atoms with Gasteiger partial charge in [0.15, 0.2) is 0 Å². The molecule has 0 radical (unpaired) electrons. The molecular weight excluding hydrogens is 638 g/mol. The molecule has 0 spiro atoms. The summed E-state index contributed by atoms with van der Waals surface area (Å²) in [5.74, 6) is 1.20. The Morgan fingerprint density at radius 1 is 0.837 bits per heavy atom. The van der Waals surface area contributed by atoms with Crippen LogP contribution >= 0.6 is 0 Å². The zero-order valence-electron chi connectivity index (χ0n) is 28.4. The highest BCUT2D eigenvalue weighted by molar-refractivity contribution is 7.92. The van der Waals surface area contributed by atoms with Crippen LogP contribution in [0.15, 0.2) is 78.9 Å². The molecule has 3 aromatic carbocycles. The number of hydrogen-bond acceptors (Lipinski definition) is 4. The molecule has 2 amide bonds. The number of benzene rings is 3. The lowest BCUT2D eigenvalue weighted by molar-refractivity contribution is -0.140. The van der Waals surface area contributed by atoms with Crippen molar-refractivity contribution in [1.29, 1.82) is 0 Å². The van der Waals surface area contributed by atoms with Crippen LogP contribution in [0.25, 0.3) is 0 Å². The van der Waals surface area contributed by atoms with Gasteiger partial charge in [-0.1, -0.05) is 67.4 Å². The highest BCUT2D eigenvalue weighted by Crippen LogP contribution is 2.60. The molecule has 5 saturated carbocycles. The Hall–Kier alpha value is -3.72. The Balaban J connectivity index is 1.18. The molecule has 0 aliphatic heterocycles. The van der Waals surface area contributed by atoms with E-state index in [-0.39, 0.29) is 30.3 Å². The van der Waals surface area contributed by atoms with E-state index in [4.69, 9.17) is 0 Å². The van der Waals surface area contributed by atoms with Crippen molar-refractivity contribution in [2.24, 2.45) is 17.8 Å². The summed E-state index contributed by atoms with van der Waals surface area (Å²) in [6.45, 7) is -0.435. The zero-order chi connectivity index (χ0) is 34.2. The smallest absolute Gasteiger partial charge is 0.244 e. The maximum Gasteiger partial charge on any atom is 0.244 e. The quantitative estimate of drug-likeness (QED) is 0.228. The van der Waals surface area contributed by atoms with Crippen molar-refractivity contribution in [3.8, 4) is 0 Å². The molecular formula is C40H48FN3O4S. The number of anilines is 1. The van der Waals surface area contributed by atoms with Crippen LogP contribution in [-0.4, -0.2) is 50.0 Å². The van der Waals surface area contributed by atoms with Crippen molar-refractivity contribution < 1.29 is 22.4 Å². The maximum atomic E-state index is 14.5. The Labute approximate surface area is 290 Å². The number of hydrogen-bond donors (Lipinski definition) is 1. The molecule has 3 aromatic rings. The van der Waals surface area contributed by atoms with Gasteiger partial charge in [0, 0.05) is 19.0 Å². The summed E-state index contributed by atoms with van der Waals surface area (Å²) in [6, 6.07) is 22.4. The first kappa shape index (κ1) is 33.8. The topological polar surface area (TPSA) is 86.8 Å². The molecule has 5 aliphatic carbocycles. The summed E-state index contributed by atoms with van der Waals surface area (Å²) in [5, 5.41) is 3.18.